The van der Waals surface area contributed by atoms with E-state index in [0.29, 0.717) is 6.42 Å². The van der Waals surface area contributed by atoms with Crippen LogP contribution in [0, 0.1) is 11.8 Å². The Morgan fingerprint density at radius 1 is 0.776 bits per heavy atom. The first kappa shape index (κ1) is 42.0. The lowest BCUT2D eigenvalue weighted by atomic mass is 9.85. The first-order chi connectivity index (χ1) is 27.9. The van der Waals surface area contributed by atoms with Crippen LogP contribution in [0.4, 0.5) is 14.4 Å². The van der Waals surface area contributed by atoms with E-state index in [9.17, 15) is 34.8 Å². The van der Waals surface area contributed by atoms with Gasteiger partial charge in [0.15, 0.2) is 25.0 Å². The van der Waals surface area contributed by atoms with E-state index in [1.54, 1.807) is 6.92 Å². The fourth-order valence-electron chi connectivity index (χ4n) is 8.35. The van der Waals surface area contributed by atoms with E-state index < -0.39 is 117 Å². The molecule has 318 valence electrons. The van der Waals surface area contributed by atoms with Crippen molar-refractivity contribution in [2.45, 2.75) is 132 Å². The second-order valence-electron chi connectivity index (χ2n) is 15.7. The Morgan fingerprint density at radius 3 is 2.05 bits per heavy atom. The Morgan fingerprint density at radius 2 is 1.41 bits per heavy atom. The van der Waals surface area contributed by atoms with E-state index >= 15 is 0 Å². The summed E-state index contributed by atoms with van der Waals surface area (Å²) in [5.74, 6) is -0.943. The van der Waals surface area contributed by atoms with Crippen molar-refractivity contribution in [3.8, 4) is 0 Å². The highest BCUT2D eigenvalue weighted by atomic mass is 16.8. The molecule has 2 aromatic rings. The SMILES string of the molecule is CC1C[C@@H]2OC(O[C@H]3OC(CO)[C@@H](C)[C@@H](O)C3O)C3C(OC(=O)N3C)C2O[C@@H]1O[C@@H]1C(NC(=O)OCc2ccccc2)C[C@@H](NC(=O)OCc2ccccc2)C[C@H]1O. The molecule has 2 aromatic carbocycles. The van der Waals surface area contributed by atoms with Crippen molar-refractivity contribution in [3.05, 3.63) is 71.8 Å². The summed E-state index contributed by atoms with van der Waals surface area (Å²) in [5.41, 5.74) is 1.58. The predicted octanol–water partition coefficient (Wildman–Crippen LogP) is 1.50. The molecule has 5 fully saturated rings. The zero-order valence-corrected chi connectivity index (χ0v) is 32.5. The van der Waals surface area contributed by atoms with E-state index in [-0.39, 0.29) is 32.0 Å². The molecule has 4 saturated heterocycles. The average molecular weight is 816 g/mol. The van der Waals surface area contributed by atoms with Crippen molar-refractivity contribution in [1.82, 2.24) is 15.5 Å². The highest BCUT2D eigenvalue weighted by molar-refractivity contribution is 5.71. The van der Waals surface area contributed by atoms with Gasteiger partial charge in [-0.15, -0.1) is 0 Å². The molecule has 4 aliphatic heterocycles. The van der Waals surface area contributed by atoms with Gasteiger partial charge < -0.3 is 69.0 Å². The van der Waals surface area contributed by atoms with Gasteiger partial charge >= 0.3 is 18.3 Å². The first-order valence-corrected chi connectivity index (χ1v) is 19.7. The van der Waals surface area contributed by atoms with Crippen LogP contribution in [0.3, 0.4) is 0 Å². The average Bonchev–Trinajstić information content (AvgIpc) is 3.52. The lowest BCUT2D eigenvalue weighted by Gasteiger charge is -2.50. The van der Waals surface area contributed by atoms with Gasteiger partial charge in [-0.25, -0.2) is 14.4 Å². The number of hydrogen-bond donors (Lipinski definition) is 6. The molecule has 0 spiro atoms. The van der Waals surface area contributed by atoms with Crippen LogP contribution < -0.4 is 10.6 Å². The third-order valence-electron chi connectivity index (χ3n) is 11.6. The van der Waals surface area contributed by atoms with Crippen LogP contribution in [0.2, 0.25) is 0 Å². The number of aliphatic hydroxyl groups is 4. The summed E-state index contributed by atoms with van der Waals surface area (Å²) in [4.78, 5) is 40.2. The van der Waals surface area contributed by atoms with Gasteiger partial charge in [0.1, 0.15) is 37.6 Å². The number of alkyl carbamates (subject to hydrolysis) is 2. The van der Waals surface area contributed by atoms with Gasteiger partial charge in [0.05, 0.1) is 37.1 Å². The molecular weight excluding hydrogens is 762 g/mol. The molecule has 0 bridgehead atoms. The molecule has 18 nitrogen and oxygen atoms in total. The molecule has 6 N–H and O–H groups in total. The van der Waals surface area contributed by atoms with Crippen molar-refractivity contribution in [2.24, 2.45) is 11.8 Å². The maximum atomic E-state index is 13.2. The number of carbonyl (C=O) groups excluding carboxylic acids is 3. The molecule has 4 heterocycles. The van der Waals surface area contributed by atoms with Crippen molar-refractivity contribution in [2.75, 3.05) is 13.7 Å². The Labute approximate surface area is 335 Å². The van der Waals surface area contributed by atoms with Crippen LogP contribution in [0.1, 0.15) is 44.2 Å². The van der Waals surface area contributed by atoms with Gasteiger partial charge in [0, 0.05) is 24.9 Å². The van der Waals surface area contributed by atoms with Gasteiger partial charge in [-0.3, -0.25) is 4.90 Å². The molecule has 0 aromatic heterocycles. The number of nitrogens with zero attached hydrogens (tertiary/aromatic N) is 1. The molecule has 5 aliphatic rings. The van der Waals surface area contributed by atoms with E-state index in [0.717, 1.165) is 11.1 Å². The minimum atomic E-state index is -1.46. The normalized spacial score (nSPS) is 38.5. The zero-order valence-electron chi connectivity index (χ0n) is 32.5. The van der Waals surface area contributed by atoms with Crippen molar-refractivity contribution >= 4 is 18.3 Å². The highest BCUT2D eigenvalue weighted by Gasteiger charge is 2.60. The molecular formula is C40H53N3O15. The molecule has 1 aliphatic carbocycles. The summed E-state index contributed by atoms with van der Waals surface area (Å²) < 4.78 is 48.0. The standard InChI is InChI=1S/C40H53N3O15/c1-20-14-27-33(34-29(43(3)40(50)57-34)36(53-27)58-37-31(47)30(46)21(2)28(17-44)54-37)56-35(20)55-32-25(42-39(49)52-19-23-12-8-5-9-13-23)15-24(16-26(32)45)41-38(48)51-18-22-10-6-4-7-11-22/h4-13,20-21,24-37,44-47H,14-19H2,1-3H3,(H,41,48)(H,42,49)/t20?,21-,24-,25?,26-,27+,28?,29?,30-,31?,32-,33?,34?,35+,36?,37-/m1/s1. The second-order valence-corrected chi connectivity index (χ2v) is 15.7. The molecule has 18 heteroatoms. The largest absolute Gasteiger partial charge is 0.445 e. The smallest absolute Gasteiger partial charge is 0.410 e. The van der Waals surface area contributed by atoms with E-state index in [4.69, 9.17) is 37.9 Å². The number of hydrogen-bond acceptors (Lipinski definition) is 15. The van der Waals surface area contributed by atoms with Crippen LogP contribution in [0.25, 0.3) is 0 Å². The van der Waals surface area contributed by atoms with Gasteiger partial charge in [-0.2, -0.15) is 0 Å². The summed E-state index contributed by atoms with van der Waals surface area (Å²) in [5, 5.41) is 48.4. The number of carbonyl (C=O) groups is 3. The third-order valence-corrected chi connectivity index (χ3v) is 11.6. The topological polar surface area (TPSA) is 233 Å². The van der Waals surface area contributed by atoms with E-state index in [1.807, 2.05) is 67.6 Å². The zero-order chi connectivity index (χ0) is 41.1. The molecule has 1 saturated carbocycles. The summed E-state index contributed by atoms with van der Waals surface area (Å²) in [6, 6.07) is 16.0. The van der Waals surface area contributed by atoms with E-state index in [2.05, 4.69) is 10.6 Å². The highest BCUT2D eigenvalue weighted by Crippen LogP contribution is 2.42. The molecule has 58 heavy (non-hydrogen) atoms. The van der Waals surface area contributed by atoms with Crippen molar-refractivity contribution in [3.63, 3.8) is 0 Å². The lowest BCUT2D eigenvalue weighted by Crippen LogP contribution is -2.66. The number of benzene rings is 2. The number of amides is 3. The number of ether oxygens (including phenoxy) is 8. The van der Waals surface area contributed by atoms with Gasteiger partial charge in [0.25, 0.3) is 0 Å². The maximum Gasteiger partial charge on any atom is 0.410 e. The van der Waals surface area contributed by atoms with Crippen LogP contribution in [0.5, 0.6) is 0 Å². The minimum Gasteiger partial charge on any atom is -0.445 e. The summed E-state index contributed by atoms with van der Waals surface area (Å²) in [7, 11) is 1.51. The fourth-order valence-corrected chi connectivity index (χ4v) is 8.35. The van der Waals surface area contributed by atoms with Gasteiger partial charge in [-0.1, -0.05) is 74.5 Å². The quantitative estimate of drug-likeness (QED) is 0.177. The van der Waals surface area contributed by atoms with Crippen molar-refractivity contribution in [1.29, 1.82) is 0 Å². The Kier molecular flexibility index (Phi) is 13.4. The first-order valence-electron chi connectivity index (χ1n) is 19.7. The third kappa shape index (κ3) is 9.35. The Balaban J connectivity index is 1.03. The summed E-state index contributed by atoms with van der Waals surface area (Å²) >= 11 is 0. The number of likely N-dealkylation sites (N-methyl/N-ethyl adjacent to an activating group) is 1. The van der Waals surface area contributed by atoms with Crippen molar-refractivity contribution < 1.29 is 72.7 Å². The van der Waals surface area contributed by atoms with Crippen LogP contribution >= 0.6 is 0 Å². The van der Waals surface area contributed by atoms with Gasteiger partial charge in [-0.05, 0) is 30.4 Å². The monoisotopic (exact) mass is 815 g/mol. The predicted molar refractivity (Wildman–Crippen MR) is 198 cm³/mol. The second kappa shape index (κ2) is 18.4. The number of rotatable bonds is 11. The van der Waals surface area contributed by atoms with Crippen LogP contribution in [-0.4, -0.2) is 143 Å². The fraction of sp³-hybridized carbons (Fsp3) is 0.625. The Hall–Kier alpha value is -4.11. The molecule has 7 rings (SSSR count). The Bertz CT molecular complexity index is 1690. The van der Waals surface area contributed by atoms with Gasteiger partial charge in [0.2, 0.25) is 0 Å². The minimum absolute atomic E-state index is 0.000776. The summed E-state index contributed by atoms with van der Waals surface area (Å²) in [6.45, 7) is 3.13. The number of nitrogens with one attached hydrogen (secondary N) is 2. The lowest BCUT2D eigenvalue weighted by molar-refractivity contribution is -0.377. The molecule has 3 amide bonds. The molecule has 0 radical (unpaired) electrons. The number of fused-ring (bicyclic) bond motifs is 3. The van der Waals surface area contributed by atoms with Crippen LogP contribution in [-0.2, 0) is 51.1 Å². The number of aliphatic hydroxyl groups excluding tert-OH is 4. The molecule has 8 unspecified atom stereocenters. The molecule has 16 atom stereocenters. The van der Waals surface area contributed by atoms with Crippen LogP contribution in [0.15, 0.2) is 60.7 Å². The van der Waals surface area contributed by atoms with E-state index in [1.165, 1.54) is 11.9 Å². The maximum absolute atomic E-state index is 13.2. The summed E-state index contributed by atoms with van der Waals surface area (Å²) in [6.07, 6.45) is -13.3.